The summed E-state index contributed by atoms with van der Waals surface area (Å²) >= 11 is 0. The first kappa shape index (κ1) is 17.6. The summed E-state index contributed by atoms with van der Waals surface area (Å²) < 4.78 is 5.77. The third kappa shape index (κ3) is 5.41. The molecule has 134 valence electrons. The Balaban J connectivity index is 1.43. The second kappa shape index (κ2) is 8.78. The van der Waals surface area contributed by atoms with Crippen molar-refractivity contribution in [3.8, 4) is 0 Å². The molecule has 6 heteroatoms. The van der Waals surface area contributed by atoms with Crippen LogP contribution in [0.25, 0.3) is 0 Å². The average Bonchev–Trinajstić information content (AvgIpc) is 3.09. The molecular formula is C19H26N4O2. The van der Waals surface area contributed by atoms with Gasteiger partial charge in [0, 0.05) is 19.6 Å². The lowest BCUT2D eigenvalue weighted by molar-refractivity contribution is -0.126. The van der Waals surface area contributed by atoms with Gasteiger partial charge in [0.15, 0.2) is 0 Å². The van der Waals surface area contributed by atoms with Gasteiger partial charge in [-0.3, -0.25) is 14.8 Å². The fourth-order valence-corrected chi connectivity index (χ4v) is 3.04. The van der Waals surface area contributed by atoms with Gasteiger partial charge in [0.25, 0.3) is 0 Å². The van der Waals surface area contributed by atoms with E-state index in [0.29, 0.717) is 19.6 Å². The van der Waals surface area contributed by atoms with Crippen molar-refractivity contribution in [3.05, 3.63) is 53.3 Å². The number of rotatable bonds is 7. The van der Waals surface area contributed by atoms with Gasteiger partial charge in [-0.15, -0.1) is 0 Å². The number of carbonyl (C=O) groups is 1. The summed E-state index contributed by atoms with van der Waals surface area (Å²) in [7, 11) is 0. The second-order valence-electron chi connectivity index (χ2n) is 6.43. The molecule has 2 aromatic rings. The number of aromatic nitrogens is 2. The zero-order chi connectivity index (χ0) is 17.5. The number of benzene rings is 1. The maximum atomic E-state index is 12.2. The number of nitrogens with one attached hydrogen (secondary N) is 2. The molecule has 1 aliphatic rings. The highest BCUT2D eigenvalue weighted by Crippen LogP contribution is 2.12. The lowest BCUT2D eigenvalue weighted by Gasteiger charge is -2.32. The summed E-state index contributed by atoms with van der Waals surface area (Å²) in [6, 6.07) is 12.4. The van der Waals surface area contributed by atoms with Crippen molar-refractivity contribution in [2.24, 2.45) is 0 Å². The fraction of sp³-hybridized carbons (Fsp3) is 0.474. The van der Waals surface area contributed by atoms with Gasteiger partial charge in [-0.25, -0.2) is 0 Å². The molecule has 1 fully saturated rings. The van der Waals surface area contributed by atoms with Crippen molar-refractivity contribution in [2.45, 2.75) is 39.0 Å². The van der Waals surface area contributed by atoms with Crippen LogP contribution in [0.4, 0.5) is 0 Å². The lowest BCUT2D eigenvalue weighted by atomic mass is 10.1. The molecule has 1 atom stereocenters. The van der Waals surface area contributed by atoms with Crippen molar-refractivity contribution < 1.29 is 9.53 Å². The Kier molecular flexibility index (Phi) is 6.19. The number of amides is 1. The molecule has 1 aliphatic heterocycles. The van der Waals surface area contributed by atoms with Crippen LogP contribution in [0.15, 0.2) is 36.4 Å². The molecular weight excluding hydrogens is 316 g/mol. The third-order valence-corrected chi connectivity index (χ3v) is 4.41. The normalized spacial score (nSPS) is 18.2. The zero-order valence-electron chi connectivity index (χ0n) is 14.7. The first-order valence-electron chi connectivity index (χ1n) is 8.90. The molecule has 2 N–H and O–H groups in total. The minimum Gasteiger partial charge on any atom is -0.375 e. The van der Waals surface area contributed by atoms with E-state index in [1.807, 2.05) is 12.1 Å². The topological polar surface area (TPSA) is 70.2 Å². The molecule has 3 rings (SSSR count). The molecule has 0 spiro atoms. The number of hydrogen-bond acceptors (Lipinski definition) is 4. The van der Waals surface area contributed by atoms with Gasteiger partial charge in [-0.1, -0.05) is 37.3 Å². The van der Waals surface area contributed by atoms with Crippen LogP contribution in [0.3, 0.4) is 0 Å². The van der Waals surface area contributed by atoms with Crippen LogP contribution in [-0.4, -0.2) is 46.8 Å². The number of H-pyrrole nitrogens is 1. The van der Waals surface area contributed by atoms with Crippen molar-refractivity contribution >= 4 is 5.91 Å². The third-order valence-electron chi connectivity index (χ3n) is 4.41. The molecule has 0 radical (unpaired) electrons. The number of aromatic amines is 1. The standard InChI is InChI=1S/C19H26N4O2/c1-2-16-10-17(22-21-16)12-20-19(24)11-18-14-23(8-9-25-18)13-15-6-4-3-5-7-15/h3-7,10,18H,2,8-9,11-14H2,1H3,(H,20,24)(H,21,22)/t18-/m1/s1. The maximum Gasteiger partial charge on any atom is 0.222 e. The molecule has 1 amide bonds. The van der Waals surface area contributed by atoms with E-state index in [-0.39, 0.29) is 12.0 Å². The summed E-state index contributed by atoms with van der Waals surface area (Å²) in [5, 5.41) is 10.1. The summed E-state index contributed by atoms with van der Waals surface area (Å²) in [4.78, 5) is 14.5. The summed E-state index contributed by atoms with van der Waals surface area (Å²) in [6.45, 7) is 5.79. The van der Waals surface area contributed by atoms with E-state index in [4.69, 9.17) is 4.74 Å². The molecule has 6 nitrogen and oxygen atoms in total. The quantitative estimate of drug-likeness (QED) is 0.806. The smallest absolute Gasteiger partial charge is 0.222 e. The molecule has 0 unspecified atom stereocenters. The van der Waals surface area contributed by atoms with Gasteiger partial charge in [-0.05, 0) is 18.1 Å². The Morgan fingerprint density at radius 2 is 2.24 bits per heavy atom. The van der Waals surface area contributed by atoms with Crippen molar-refractivity contribution in [2.75, 3.05) is 19.7 Å². The highest BCUT2D eigenvalue weighted by molar-refractivity contribution is 5.76. The van der Waals surface area contributed by atoms with Gasteiger partial charge >= 0.3 is 0 Å². The van der Waals surface area contributed by atoms with Crippen LogP contribution < -0.4 is 5.32 Å². The van der Waals surface area contributed by atoms with Crippen LogP contribution in [0, 0.1) is 0 Å². The van der Waals surface area contributed by atoms with E-state index >= 15 is 0 Å². The Labute approximate surface area is 148 Å². The average molecular weight is 342 g/mol. The van der Waals surface area contributed by atoms with Gasteiger partial charge in [0.1, 0.15) is 0 Å². The molecule has 25 heavy (non-hydrogen) atoms. The summed E-state index contributed by atoms with van der Waals surface area (Å²) in [5.74, 6) is 0.0132. The molecule has 0 aliphatic carbocycles. The first-order chi connectivity index (χ1) is 12.2. The predicted molar refractivity (Wildman–Crippen MR) is 95.9 cm³/mol. The Hall–Kier alpha value is -2.18. The van der Waals surface area contributed by atoms with E-state index < -0.39 is 0 Å². The van der Waals surface area contributed by atoms with Gasteiger partial charge in [0.05, 0.1) is 37.1 Å². The number of hydrogen-bond donors (Lipinski definition) is 2. The lowest BCUT2D eigenvalue weighted by Crippen LogP contribution is -2.44. The van der Waals surface area contributed by atoms with Crippen LogP contribution >= 0.6 is 0 Å². The second-order valence-corrected chi connectivity index (χ2v) is 6.43. The SMILES string of the molecule is CCc1cc(CNC(=O)C[C@@H]2CN(Cc3ccccc3)CCO2)[nH]n1. The van der Waals surface area contributed by atoms with Crippen LogP contribution in [-0.2, 0) is 29.0 Å². The van der Waals surface area contributed by atoms with E-state index in [9.17, 15) is 4.79 Å². The Bertz CT molecular complexity index is 671. The van der Waals surface area contributed by atoms with Gasteiger partial charge < -0.3 is 10.1 Å². The minimum atomic E-state index is -0.0505. The molecule has 1 saturated heterocycles. The van der Waals surface area contributed by atoms with E-state index in [2.05, 4.69) is 51.6 Å². The number of nitrogens with zero attached hydrogens (tertiary/aromatic N) is 2. The largest absolute Gasteiger partial charge is 0.375 e. The van der Waals surface area contributed by atoms with E-state index in [1.165, 1.54) is 5.56 Å². The predicted octanol–water partition coefficient (Wildman–Crippen LogP) is 1.88. The number of ether oxygens (including phenoxy) is 1. The van der Waals surface area contributed by atoms with Gasteiger partial charge in [0.2, 0.25) is 5.91 Å². The highest BCUT2D eigenvalue weighted by Gasteiger charge is 2.22. The Morgan fingerprint density at radius 1 is 1.40 bits per heavy atom. The Morgan fingerprint density at radius 3 is 3.00 bits per heavy atom. The number of morpholine rings is 1. The van der Waals surface area contributed by atoms with Crippen molar-refractivity contribution in [1.29, 1.82) is 0 Å². The highest BCUT2D eigenvalue weighted by atomic mass is 16.5. The number of aryl methyl sites for hydroxylation is 1. The molecule has 0 saturated carbocycles. The molecule has 1 aromatic carbocycles. The molecule has 0 bridgehead atoms. The van der Waals surface area contributed by atoms with Crippen LogP contribution in [0.5, 0.6) is 0 Å². The van der Waals surface area contributed by atoms with Gasteiger partial charge in [-0.2, -0.15) is 5.10 Å². The monoisotopic (exact) mass is 342 g/mol. The fourth-order valence-electron chi connectivity index (χ4n) is 3.04. The number of carbonyl (C=O) groups excluding carboxylic acids is 1. The van der Waals surface area contributed by atoms with E-state index in [0.717, 1.165) is 37.4 Å². The first-order valence-corrected chi connectivity index (χ1v) is 8.90. The van der Waals surface area contributed by atoms with Crippen LogP contribution in [0.2, 0.25) is 0 Å². The minimum absolute atomic E-state index is 0.0132. The zero-order valence-corrected chi connectivity index (χ0v) is 14.7. The maximum absolute atomic E-state index is 12.2. The van der Waals surface area contributed by atoms with Crippen molar-refractivity contribution in [3.63, 3.8) is 0 Å². The van der Waals surface area contributed by atoms with Crippen LogP contribution in [0.1, 0.15) is 30.3 Å². The summed E-state index contributed by atoms with van der Waals surface area (Å²) in [5.41, 5.74) is 3.23. The summed E-state index contributed by atoms with van der Waals surface area (Å²) in [6.07, 6.45) is 1.22. The molecule has 2 heterocycles. The molecule has 1 aromatic heterocycles. The van der Waals surface area contributed by atoms with Crippen molar-refractivity contribution in [1.82, 2.24) is 20.4 Å². The van der Waals surface area contributed by atoms with E-state index in [1.54, 1.807) is 0 Å².